The minimum atomic E-state index is -4.48. The molecule has 8 nitrogen and oxygen atoms in total. The van der Waals surface area contributed by atoms with Crippen LogP contribution in [0, 0.1) is 17.1 Å². The third-order valence-electron chi connectivity index (χ3n) is 6.78. The summed E-state index contributed by atoms with van der Waals surface area (Å²) < 4.78 is 90.3. The summed E-state index contributed by atoms with van der Waals surface area (Å²) in [6.07, 6.45) is -3.96. The molecule has 1 atom stereocenters. The molecule has 4 rings (SSSR count). The van der Waals surface area contributed by atoms with Crippen LogP contribution in [-0.4, -0.2) is 34.6 Å². The Morgan fingerprint density at radius 2 is 1.75 bits per heavy atom. The number of nitriles is 1. The molecule has 0 unspecified atom stereocenters. The second-order valence-electron chi connectivity index (χ2n) is 10.7. The molecule has 0 bridgehead atoms. The molecule has 44 heavy (non-hydrogen) atoms. The van der Waals surface area contributed by atoms with Crippen molar-refractivity contribution < 1.29 is 35.6 Å². The molecule has 2 heterocycles. The highest BCUT2D eigenvalue weighted by Crippen LogP contribution is 2.42. The van der Waals surface area contributed by atoms with E-state index in [0.29, 0.717) is 22.9 Å². The molecule has 0 amide bonds. The highest BCUT2D eigenvalue weighted by Gasteiger charge is 2.38. The number of carbonyl (C=O) groups excluding carboxylic acids is 1. The molecule has 0 saturated heterocycles. The standard InChI is InChI=1S/C30H26F6N6O2/c1-28(2,16-37)27-41-40-26(44-27)21-10-25(22(11-23(21)31)29(32,33)12-20(38)15-43)42(3)14-17-4-9-24(39-13-17)18-5-7-19(8-6-18)30(34,35)36/h4-11,13,15,20H,12,14,38H2,1-3H3/t20-/m0/s1. The van der Waals surface area contributed by atoms with E-state index in [0.717, 1.165) is 18.2 Å². The third kappa shape index (κ3) is 6.89. The van der Waals surface area contributed by atoms with Crippen LogP contribution in [0.3, 0.4) is 0 Å². The fourth-order valence-electron chi connectivity index (χ4n) is 4.30. The lowest BCUT2D eigenvalue weighted by molar-refractivity contribution is -0.137. The van der Waals surface area contributed by atoms with Crippen molar-refractivity contribution in [2.45, 2.75) is 50.4 Å². The third-order valence-corrected chi connectivity index (χ3v) is 6.78. The van der Waals surface area contributed by atoms with E-state index < -0.39 is 46.9 Å². The quantitative estimate of drug-likeness (QED) is 0.160. The Morgan fingerprint density at radius 3 is 2.32 bits per heavy atom. The number of nitrogens with zero attached hydrogens (tertiary/aromatic N) is 5. The number of hydrogen-bond donors (Lipinski definition) is 1. The summed E-state index contributed by atoms with van der Waals surface area (Å²) in [5.74, 6) is -5.27. The number of aromatic nitrogens is 3. The van der Waals surface area contributed by atoms with Crippen LogP contribution in [0.4, 0.5) is 32.0 Å². The topological polar surface area (TPSA) is 122 Å². The fraction of sp³-hybridized carbons (Fsp3) is 0.300. The van der Waals surface area contributed by atoms with Gasteiger partial charge in [0.1, 0.15) is 17.5 Å². The van der Waals surface area contributed by atoms with Crippen molar-refractivity contribution in [2.24, 2.45) is 5.73 Å². The maximum atomic E-state index is 15.4. The van der Waals surface area contributed by atoms with Crippen molar-refractivity contribution in [3.63, 3.8) is 0 Å². The summed E-state index contributed by atoms with van der Waals surface area (Å²) in [4.78, 5) is 16.7. The van der Waals surface area contributed by atoms with Gasteiger partial charge in [0.25, 0.3) is 11.8 Å². The Bertz CT molecular complexity index is 1680. The average Bonchev–Trinajstić information content (AvgIpc) is 3.48. The van der Waals surface area contributed by atoms with Crippen molar-refractivity contribution in [3.05, 3.63) is 83.1 Å². The van der Waals surface area contributed by atoms with Crippen molar-refractivity contribution in [1.29, 1.82) is 5.26 Å². The number of aldehydes is 1. The molecular formula is C30H26F6N6O2. The van der Waals surface area contributed by atoms with Crippen molar-refractivity contribution in [3.8, 4) is 28.8 Å². The number of benzene rings is 2. The first-order valence-corrected chi connectivity index (χ1v) is 13.1. The minimum absolute atomic E-state index is 0.00920. The number of halogens is 6. The number of hydrogen-bond acceptors (Lipinski definition) is 8. The molecule has 4 aromatic rings. The molecule has 2 aromatic carbocycles. The van der Waals surface area contributed by atoms with Crippen molar-refractivity contribution in [2.75, 3.05) is 11.9 Å². The van der Waals surface area contributed by atoms with Gasteiger partial charge in [-0.05, 0) is 49.7 Å². The van der Waals surface area contributed by atoms with Crippen LogP contribution in [-0.2, 0) is 28.9 Å². The van der Waals surface area contributed by atoms with Gasteiger partial charge in [0.2, 0.25) is 5.89 Å². The van der Waals surface area contributed by atoms with Gasteiger partial charge < -0.3 is 19.8 Å². The van der Waals surface area contributed by atoms with E-state index in [1.807, 2.05) is 6.07 Å². The predicted molar refractivity (Wildman–Crippen MR) is 148 cm³/mol. The van der Waals surface area contributed by atoms with E-state index in [2.05, 4.69) is 15.2 Å². The normalized spacial score (nSPS) is 12.9. The molecule has 0 aliphatic heterocycles. The highest BCUT2D eigenvalue weighted by atomic mass is 19.4. The van der Waals surface area contributed by atoms with Crippen LogP contribution in [0.5, 0.6) is 0 Å². The van der Waals surface area contributed by atoms with E-state index in [-0.39, 0.29) is 35.9 Å². The molecule has 230 valence electrons. The SMILES string of the molecule is CN(Cc1ccc(-c2ccc(C(F)(F)F)cc2)nc1)c1cc(-c2nnc(C(C)(C)C#N)o2)c(F)cc1C(F)(F)C[C@H](N)C=O. The largest absolute Gasteiger partial charge is 0.419 e. The smallest absolute Gasteiger partial charge is 0.416 e. The first-order valence-electron chi connectivity index (χ1n) is 13.1. The lowest BCUT2D eigenvalue weighted by atomic mass is 9.96. The zero-order valence-electron chi connectivity index (χ0n) is 23.7. The zero-order valence-corrected chi connectivity index (χ0v) is 23.7. The van der Waals surface area contributed by atoms with Crippen LogP contribution in [0.2, 0.25) is 0 Å². The van der Waals surface area contributed by atoms with Gasteiger partial charge in [-0.15, -0.1) is 10.2 Å². The lowest BCUT2D eigenvalue weighted by Gasteiger charge is -2.28. The van der Waals surface area contributed by atoms with Gasteiger partial charge in [-0.25, -0.2) is 13.2 Å². The van der Waals surface area contributed by atoms with Crippen molar-refractivity contribution in [1.82, 2.24) is 15.2 Å². The Labute approximate surface area is 248 Å². The maximum Gasteiger partial charge on any atom is 0.416 e. The molecule has 0 aliphatic rings. The molecule has 0 fully saturated rings. The molecule has 2 aromatic heterocycles. The summed E-state index contributed by atoms with van der Waals surface area (Å²) in [7, 11) is 1.47. The first kappa shape index (κ1) is 32.2. The molecule has 2 N–H and O–H groups in total. The molecule has 0 aliphatic carbocycles. The molecule has 14 heteroatoms. The van der Waals surface area contributed by atoms with Gasteiger partial charge in [0.05, 0.1) is 28.9 Å². The second kappa shape index (κ2) is 12.1. The van der Waals surface area contributed by atoms with E-state index in [4.69, 9.17) is 10.2 Å². The van der Waals surface area contributed by atoms with Crippen LogP contribution in [0.15, 0.2) is 59.1 Å². The predicted octanol–water partition coefficient (Wildman–Crippen LogP) is 6.40. The van der Waals surface area contributed by atoms with Crippen LogP contribution in [0.25, 0.3) is 22.7 Å². The van der Waals surface area contributed by atoms with Crippen LogP contribution < -0.4 is 10.6 Å². The Balaban J connectivity index is 1.69. The number of alkyl halides is 5. The second-order valence-corrected chi connectivity index (χ2v) is 10.7. The average molecular weight is 617 g/mol. The number of carbonyl (C=O) groups is 1. The van der Waals surface area contributed by atoms with Crippen molar-refractivity contribution >= 4 is 12.0 Å². The number of rotatable bonds is 10. The summed E-state index contributed by atoms with van der Waals surface area (Å²) in [5.41, 5.74) is 3.65. The van der Waals surface area contributed by atoms with Crippen LogP contribution in [0.1, 0.15) is 42.8 Å². The molecule has 0 saturated carbocycles. The molecular weight excluding hydrogens is 590 g/mol. The van der Waals surface area contributed by atoms with E-state index >= 15 is 13.2 Å². The van der Waals surface area contributed by atoms with Gasteiger partial charge >= 0.3 is 6.18 Å². The van der Waals surface area contributed by atoms with E-state index in [1.54, 1.807) is 12.1 Å². The van der Waals surface area contributed by atoms with Gasteiger partial charge in [0, 0.05) is 43.0 Å². The van der Waals surface area contributed by atoms with Crippen LogP contribution >= 0.6 is 0 Å². The number of anilines is 1. The van der Waals surface area contributed by atoms with Gasteiger partial charge in [-0.3, -0.25) is 4.98 Å². The summed E-state index contributed by atoms with van der Waals surface area (Å²) >= 11 is 0. The Kier molecular flexibility index (Phi) is 8.83. The molecule has 0 radical (unpaired) electrons. The Hall–Kier alpha value is -4.77. The number of pyridine rings is 1. The number of nitrogens with two attached hydrogens (primary N) is 1. The summed E-state index contributed by atoms with van der Waals surface area (Å²) in [5, 5.41) is 17.0. The molecule has 0 spiro atoms. The maximum absolute atomic E-state index is 15.4. The van der Waals surface area contributed by atoms with E-state index in [9.17, 15) is 23.2 Å². The minimum Gasteiger partial charge on any atom is -0.419 e. The van der Waals surface area contributed by atoms with E-state index in [1.165, 1.54) is 44.1 Å². The highest BCUT2D eigenvalue weighted by molar-refractivity contribution is 5.68. The summed E-state index contributed by atoms with van der Waals surface area (Å²) in [6.45, 7) is 3.01. The summed E-state index contributed by atoms with van der Waals surface area (Å²) in [6, 6.07) is 9.83. The van der Waals surface area contributed by atoms with Gasteiger partial charge in [-0.1, -0.05) is 18.2 Å². The Morgan fingerprint density at radius 1 is 1.07 bits per heavy atom. The lowest BCUT2D eigenvalue weighted by Crippen LogP contribution is -2.31. The van der Waals surface area contributed by atoms with Gasteiger partial charge in [0.15, 0.2) is 0 Å². The monoisotopic (exact) mass is 616 g/mol. The van der Waals surface area contributed by atoms with Gasteiger partial charge in [-0.2, -0.15) is 18.4 Å². The first-order chi connectivity index (χ1) is 20.6. The zero-order chi connectivity index (χ0) is 32.4. The fourth-order valence-corrected chi connectivity index (χ4v) is 4.30.